The first kappa shape index (κ1) is 9.01. The number of fused-ring (bicyclic) bond motifs is 1. The Labute approximate surface area is 83.6 Å². The Kier molecular flexibility index (Phi) is 2.48. The molecule has 1 saturated carbocycles. The molecule has 2 aliphatic rings. The molecule has 0 aromatic heterocycles. The standard InChI is InChI=1S/C10H18BrN/c1-12-7-5-9-4-2-3-6-10(9,11)8-12/h9H,2-8H2,1H3. The van der Waals surface area contributed by atoms with Gasteiger partial charge in [0.05, 0.1) is 0 Å². The summed E-state index contributed by atoms with van der Waals surface area (Å²) >= 11 is 3.97. The second-order valence-corrected chi connectivity index (χ2v) is 6.08. The van der Waals surface area contributed by atoms with Crippen LogP contribution in [-0.2, 0) is 0 Å². The first-order valence-electron chi connectivity index (χ1n) is 5.08. The van der Waals surface area contributed by atoms with Crippen molar-refractivity contribution >= 4 is 15.9 Å². The zero-order valence-electron chi connectivity index (χ0n) is 7.85. The molecule has 0 amide bonds. The van der Waals surface area contributed by atoms with E-state index in [-0.39, 0.29) is 0 Å². The number of piperidine rings is 1. The number of hydrogen-bond donors (Lipinski definition) is 0. The van der Waals surface area contributed by atoms with E-state index in [1.54, 1.807) is 0 Å². The minimum atomic E-state index is 0.484. The Bertz CT molecular complexity index is 171. The van der Waals surface area contributed by atoms with Crippen molar-refractivity contribution in [1.82, 2.24) is 4.90 Å². The van der Waals surface area contributed by atoms with Gasteiger partial charge in [0, 0.05) is 10.9 Å². The van der Waals surface area contributed by atoms with Crippen LogP contribution in [0.5, 0.6) is 0 Å². The van der Waals surface area contributed by atoms with E-state index in [2.05, 4.69) is 27.9 Å². The van der Waals surface area contributed by atoms with Crippen LogP contribution in [0.15, 0.2) is 0 Å². The maximum Gasteiger partial charge on any atom is 0.0413 e. The molecule has 2 atom stereocenters. The predicted molar refractivity (Wildman–Crippen MR) is 55.7 cm³/mol. The summed E-state index contributed by atoms with van der Waals surface area (Å²) in [4.78, 5) is 2.47. The molecule has 2 unspecified atom stereocenters. The van der Waals surface area contributed by atoms with Crippen molar-refractivity contribution in [3.63, 3.8) is 0 Å². The number of nitrogens with zero attached hydrogens (tertiary/aromatic N) is 1. The third-order valence-electron chi connectivity index (χ3n) is 3.52. The highest BCUT2D eigenvalue weighted by Crippen LogP contribution is 2.45. The molecule has 0 radical (unpaired) electrons. The number of alkyl halides is 1. The molecule has 1 nitrogen and oxygen atoms in total. The van der Waals surface area contributed by atoms with Crippen LogP contribution in [0.1, 0.15) is 32.1 Å². The van der Waals surface area contributed by atoms with Crippen LogP contribution in [0.25, 0.3) is 0 Å². The van der Waals surface area contributed by atoms with Crippen LogP contribution < -0.4 is 0 Å². The van der Waals surface area contributed by atoms with Crippen LogP contribution in [-0.4, -0.2) is 29.4 Å². The van der Waals surface area contributed by atoms with Gasteiger partial charge in [-0.15, -0.1) is 0 Å². The molecule has 0 aromatic carbocycles. The van der Waals surface area contributed by atoms with Crippen molar-refractivity contribution in [2.24, 2.45) is 5.92 Å². The maximum absolute atomic E-state index is 3.97. The molecule has 2 fully saturated rings. The average molecular weight is 232 g/mol. The second-order valence-electron chi connectivity index (χ2n) is 4.50. The molecule has 1 aliphatic heterocycles. The zero-order chi connectivity index (χ0) is 8.60. The van der Waals surface area contributed by atoms with E-state index in [4.69, 9.17) is 0 Å². The number of rotatable bonds is 0. The van der Waals surface area contributed by atoms with Gasteiger partial charge in [-0.3, -0.25) is 0 Å². The lowest BCUT2D eigenvalue weighted by Crippen LogP contribution is -2.49. The van der Waals surface area contributed by atoms with E-state index >= 15 is 0 Å². The van der Waals surface area contributed by atoms with Crippen molar-refractivity contribution in [3.8, 4) is 0 Å². The highest BCUT2D eigenvalue weighted by Gasteiger charge is 2.41. The topological polar surface area (TPSA) is 3.24 Å². The van der Waals surface area contributed by atoms with Gasteiger partial charge in [-0.05, 0) is 38.8 Å². The van der Waals surface area contributed by atoms with Crippen molar-refractivity contribution in [1.29, 1.82) is 0 Å². The Balaban J connectivity index is 2.07. The number of hydrogen-bond acceptors (Lipinski definition) is 1. The molecule has 0 aromatic rings. The normalized spacial score (nSPS) is 44.0. The Morgan fingerprint density at radius 3 is 3.00 bits per heavy atom. The highest BCUT2D eigenvalue weighted by atomic mass is 79.9. The lowest BCUT2D eigenvalue weighted by molar-refractivity contribution is 0.135. The molecule has 0 spiro atoms. The van der Waals surface area contributed by atoms with Gasteiger partial charge in [0.15, 0.2) is 0 Å². The maximum atomic E-state index is 3.97. The largest absolute Gasteiger partial charge is 0.305 e. The number of halogens is 1. The van der Waals surface area contributed by atoms with Gasteiger partial charge in [-0.2, -0.15) is 0 Å². The third kappa shape index (κ3) is 1.56. The molecule has 0 N–H and O–H groups in total. The zero-order valence-corrected chi connectivity index (χ0v) is 9.44. The fraction of sp³-hybridized carbons (Fsp3) is 1.00. The summed E-state index contributed by atoms with van der Waals surface area (Å²) < 4.78 is 0.484. The summed E-state index contributed by atoms with van der Waals surface area (Å²) in [5.74, 6) is 0.961. The molecule has 0 bridgehead atoms. The van der Waals surface area contributed by atoms with E-state index in [9.17, 15) is 0 Å². The van der Waals surface area contributed by atoms with Gasteiger partial charge in [0.2, 0.25) is 0 Å². The van der Waals surface area contributed by atoms with Gasteiger partial charge in [-0.1, -0.05) is 28.8 Å². The van der Waals surface area contributed by atoms with Gasteiger partial charge in [0.1, 0.15) is 0 Å². The number of likely N-dealkylation sites (tertiary alicyclic amines) is 1. The van der Waals surface area contributed by atoms with Crippen LogP contribution >= 0.6 is 15.9 Å². The molecule has 1 aliphatic carbocycles. The monoisotopic (exact) mass is 231 g/mol. The van der Waals surface area contributed by atoms with Crippen molar-refractivity contribution < 1.29 is 0 Å². The van der Waals surface area contributed by atoms with Crippen LogP contribution in [0.4, 0.5) is 0 Å². The first-order valence-corrected chi connectivity index (χ1v) is 5.87. The second kappa shape index (κ2) is 3.30. The fourth-order valence-electron chi connectivity index (χ4n) is 2.79. The van der Waals surface area contributed by atoms with Crippen molar-refractivity contribution in [3.05, 3.63) is 0 Å². The quantitative estimate of drug-likeness (QED) is 0.580. The molecule has 70 valence electrons. The molecule has 2 heteroatoms. The highest BCUT2D eigenvalue weighted by molar-refractivity contribution is 9.10. The van der Waals surface area contributed by atoms with E-state index in [0.717, 1.165) is 5.92 Å². The van der Waals surface area contributed by atoms with Gasteiger partial charge >= 0.3 is 0 Å². The van der Waals surface area contributed by atoms with Crippen molar-refractivity contribution in [2.45, 2.75) is 36.4 Å². The average Bonchev–Trinajstić information content (AvgIpc) is 2.02. The molecular weight excluding hydrogens is 214 g/mol. The molecule has 1 heterocycles. The van der Waals surface area contributed by atoms with Gasteiger partial charge in [0.25, 0.3) is 0 Å². The van der Waals surface area contributed by atoms with Crippen LogP contribution in [0.2, 0.25) is 0 Å². The summed E-state index contributed by atoms with van der Waals surface area (Å²) in [7, 11) is 2.24. The SMILES string of the molecule is CN1CCC2CCCCC2(Br)C1. The molecule has 12 heavy (non-hydrogen) atoms. The van der Waals surface area contributed by atoms with E-state index in [1.807, 2.05) is 0 Å². The smallest absolute Gasteiger partial charge is 0.0413 e. The summed E-state index contributed by atoms with van der Waals surface area (Å²) in [5.41, 5.74) is 0. The predicted octanol–water partition coefficient (Wildman–Crippen LogP) is 2.65. The Morgan fingerprint density at radius 1 is 1.33 bits per heavy atom. The first-order chi connectivity index (χ1) is 5.71. The lowest BCUT2D eigenvalue weighted by Gasteiger charge is -2.46. The summed E-state index contributed by atoms with van der Waals surface area (Å²) in [6, 6.07) is 0. The Hall–Kier alpha value is 0.440. The minimum Gasteiger partial charge on any atom is -0.305 e. The fourth-order valence-corrected chi connectivity index (χ4v) is 3.95. The summed E-state index contributed by atoms with van der Waals surface area (Å²) in [6.45, 7) is 2.57. The van der Waals surface area contributed by atoms with E-state index in [1.165, 1.54) is 45.2 Å². The van der Waals surface area contributed by atoms with E-state index in [0.29, 0.717) is 4.32 Å². The molecular formula is C10H18BrN. The van der Waals surface area contributed by atoms with Crippen LogP contribution in [0, 0.1) is 5.92 Å². The third-order valence-corrected chi connectivity index (χ3v) is 4.81. The lowest BCUT2D eigenvalue weighted by atomic mass is 9.75. The summed E-state index contributed by atoms with van der Waals surface area (Å²) in [5, 5.41) is 0. The summed E-state index contributed by atoms with van der Waals surface area (Å²) in [6.07, 6.45) is 7.14. The van der Waals surface area contributed by atoms with Gasteiger partial charge in [-0.25, -0.2) is 0 Å². The molecule has 2 rings (SSSR count). The van der Waals surface area contributed by atoms with E-state index < -0.39 is 0 Å². The van der Waals surface area contributed by atoms with Crippen LogP contribution in [0.3, 0.4) is 0 Å². The minimum absolute atomic E-state index is 0.484. The van der Waals surface area contributed by atoms with Crippen molar-refractivity contribution in [2.75, 3.05) is 20.1 Å². The molecule has 1 saturated heterocycles. The Morgan fingerprint density at radius 2 is 2.17 bits per heavy atom. The van der Waals surface area contributed by atoms with Gasteiger partial charge < -0.3 is 4.90 Å².